The van der Waals surface area contributed by atoms with E-state index in [1.807, 2.05) is 6.19 Å². The molecule has 0 aliphatic carbocycles. The van der Waals surface area contributed by atoms with E-state index in [1.165, 1.54) is 23.1 Å². The highest BCUT2D eigenvalue weighted by molar-refractivity contribution is 9.11. The molecule has 2 atom stereocenters. The van der Waals surface area contributed by atoms with Gasteiger partial charge in [-0.1, -0.05) is 28.1 Å². The van der Waals surface area contributed by atoms with E-state index < -0.39 is 45.6 Å². The summed E-state index contributed by atoms with van der Waals surface area (Å²) in [6.45, 7) is -0.00138. The van der Waals surface area contributed by atoms with Gasteiger partial charge in [-0.2, -0.15) is 18.4 Å². The van der Waals surface area contributed by atoms with Crippen LogP contribution >= 0.6 is 31.9 Å². The Balaban J connectivity index is 1.62. The Labute approximate surface area is 210 Å². The number of para-hydroxylation sites is 1. The zero-order valence-electron chi connectivity index (χ0n) is 17.2. The molecule has 0 saturated carbocycles. The number of hydrogen-bond acceptors (Lipinski definition) is 5. The smallest absolute Gasteiger partial charge is 0.336 e. The van der Waals surface area contributed by atoms with E-state index in [1.54, 1.807) is 12.1 Å². The van der Waals surface area contributed by atoms with Crippen molar-refractivity contribution in [2.45, 2.75) is 29.6 Å². The van der Waals surface area contributed by atoms with Gasteiger partial charge in [-0.05, 0) is 52.7 Å². The number of carbonyl (C=O) groups excluding carboxylic acids is 1. The number of likely N-dealkylation sites (tertiary alicyclic amines) is 1. The van der Waals surface area contributed by atoms with Crippen LogP contribution in [0, 0.1) is 11.5 Å². The summed E-state index contributed by atoms with van der Waals surface area (Å²) < 4.78 is 68.4. The molecule has 2 aromatic carbocycles. The van der Waals surface area contributed by atoms with Crippen LogP contribution in [0.5, 0.6) is 0 Å². The molecule has 1 heterocycles. The maximum absolute atomic E-state index is 13.1. The van der Waals surface area contributed by atoms with Crippen molar-refractivity contribution < 1.29 is 26.4 Å². The lowest BCUT2D eigenvalue weighted by Gasteiger charge is -2.19. The third kappa shape index (κ3) is 6.41. The van der Waals surface area contributed by atoms with E-state index in [0.29, 0.717) is 8.95 Å². The van der Waals surface area contributed by atoms with E-state index in [-0.39, 0.29) is 24.4 Å². The number of nitriles is 1. The topological polar surface area (TPSA) is 114 Å². The third-order valence-electron chi connectivity index (χ3n) is 5.03. The van der Waals surface area contributed by atoms with Gasteiger partial charge in [0.1, 0.15) is 0 Å². The maximum atomic E-state index is 13.1. The Hall–Kier alpha value is -2.34. The Morgan fingerprint density at radius 2 is 1.91 bits per heavy atom. The first-order valence-electron chi connectivity index (χ1n) is 9.75. The van der Waals surface area contributed by atoms with Gasteiger partial charge < -0.3 is 15.5 Å². The number of halogens is 5. The molecule has 0 unspecified atom stereocenters. The van der Waals surface area contributed by atoms with Crippen LogP contribution in [0.3, 0.4) is 0 Å². The molecule has 1 aliphatic heterocycles. The van der Waals surface area contributed by atoms with Gasteiger partial charge in [0.2, 0.25) is 10.0 Å². The van der Waals surface area contributed by atoms with Crippen molar-refractivity contribution in [2.24, 2.45) is 0 Å². The Morgan fingerprint density at radius 1 is 1.21 bits per heavy atom. The molecule has 1 fully saturated rings. The summed E-state index contributed by atoms with van der Waals surface area (Å²) in [4.78, 5) is 13.5. The minimum absolute atomic E-state index is 0.0228. The largest absolute Gasteiger partial charge is 0.418 e. The van der Waals surface area contributed by atoms with Crippen LogP contribution in [-0.4, -0.2) is 44.5 Å². The zero-order valence-corrected chi connectivity index (χ0v) is 21.2. The fraction of sp³-hybridized carbons (Fsp3) is 0.300. The van der Waals surface area contributed by atoms with Crippen LogP contribution in [0.4, 0.5) is 23.7 Å². The third-order valence-corrected chi connectivity index (χ3v) is 8.03. The lowest BCUT2D eigenvalue weighted by molar-refractivity contribution is -0.136. The van der Waals surface area contributed by atoms with Crippen molar-refractivity contribution in [3.05, 3.63) is 57.0 Å². The van der Waals surface area contributed by atoms with Crippen LogP contribution < -0.4 is 15.4 Å². The van der Waals surface area contributed by atoms with Crippen LogP contribution in [-0.2, 0) is 16.2 Å². The number of alkyl halides is 3. The summed E-state index contributed by atoms with van der Waals surface area (Å²) in [6, 6.07) is 7.20. The lowest BCUT2D eigenvalue weighted by Crippen LogP contribution is -2.40. The normalized spacial score (nSPS) is 18.4. The molecule has 2 aromatic rings. The highest BCUT2D eigenvalue weighted by atomic mass is 79.9. The number of nitrogens with zero attached hydrogens (tertiary/aromatic N) is 2. The van der Waals surface area contributed by atoms with Gasteiger partial charge >= 0.3 is 12.2 Å². The molecule has 0 spiro atoms. The number of hydrogen-bond donors (Lipinski definition) is 3. The van der Waals surface area contributed by atoms with E-state index in [2.05, 4.69) is 47.2 Å². The molecule has 3 rings (SSSR count). The molecular weight excluding hydrogens is 607 g/mol. The molecule has 1 saturated heterocycles. The molecular formula is C20H18Br2F3N5O3S. The average molecular weight is 625 g/mol. The zero-order chi connectivity index (χ0) is 25.1. The second kappa shape index (κ2) is 10.5. The molecule has 1 aliphatic rings. The van der Waals surface area contributed by atoms with Gasteiger partial charge in [0.25, 0.3) is 0 Å². The van der Waals surface area contributed by atoms with Crippen LogP contribution in [0.25, 0.3) is 0 Å². The van der Waals surface area contributed by atoms with Gasteiger partial charge in [0.05, 0.1) is 22.2 Å². The fourth-order valence-electron chi connectivity index (χ4n) is 3.50. The molecule has 8 nitrogen and oxygen atoms in total. The van der Waals surface area contributed by atoms with Crippen LogP contribution in [0.2, 0.25) is 0 Å². The summed E-state index contributed by atoms with van der Waals surface area (Å²) in [5, 5.41) is 14.0. The molecule has 34 heavy (non-hydrogen) atoms. The number of rotatable bonds is 6. The number of anilines is 1. The first-order chi connectivity index (χ1) is 15.9. The van der Waals surface area contributed by atoms with Gasteiger partial charge in [-0.15, -0.1) is 0 Å². The minimum atomic E-state index is -4.64. The highest BCUT2D eigenvalue weighted by Gasteiger charge is 2.36. The van der Waals surface area contributed by atoms with Crippen molar-refractivity contribution in [2.75, 3.05) is 18.4 Å². The predicted octanol–water partition coefficient (Wildman–Crippen LogP) is 4.25. The lowest BCUT2D eigenvalue weighted by atomic mass is 10.1. The quantitative estimate of drug-likeness (QED) is 0.416. The van der Waals surface area contributed by atoms with Gasteiger partial charge in [-0.3, -0.25) is 0 Å². The van der Waals surface area contributed by atoms with Crippen LogP contribution in [0.1, 0.15) is 12.0 Å². The van der Waals surface area contributed by atoms with Crippen molar-refractivity contribution in [1.82, 2.24) is 14.9 Å². The molecule has 182 valence electrons. The molecule has 0 bridgehead atoms. The second-order valence-electron chi connectivity index (χ2n) is 7.41. The number of carbonyl (C=O) groups is 1. The highest BCUT2D eigenvalue weighted by Crippen LogP contribution is 2.34. The molecule has 14 heteroatoms. The van der Waals surface area contributed by atoms with E-state index in [9.17, 15) is 31.6 Å². The maximum Gasteiger partial charge on any atom is 0.418 e. The van der Waals surface area contributed by atoms with Gasteiger partial charge in [0.15, 0.2) is 6.19 Å². The van der Waals surface area contributed by atoms with Crippen molar-refractivity contribution >= 4 is 53.6 Å². The van der Waals surface area contributed by atoms with Crippen molar-refractivity contribution in [3.8, 4) is 6.19 Å². The Kier molecular flexibility index (Phi) is 8.12. The van der Waals surface area contributed by atoms with Crippen molar-refractivity contribution in [3.63, 3.8) is 0 Å². The summed E-state index contributed by atoms with van der Waals surface area (Å²) in [6.07, 6.45) is -2.48. The fourth-order valence-corrected chi connectivity index (χ4v) is 6.24. The van der Waals surface area contributed by atoms with Gasteiger partial charge in [-0.25, -0.2) is 17.9 Å². The molecule has 2 amide bonds. The SMILES string of the molecule is N#CN1C[C@H](NS(=O)(=O)c2cc(Br)ccc2Br)C[C@@H]1CNC(=O)Nc1ccccc1C(F)(F)F. The average Bonchev–Trinajstić information content (AvgIpc) is 3.14. The first kappa shape index (κ1) is 26.3. The Morgan fingerprint density at radius 3 is 2.59 bits per heavy atom. The molecule has 0 radical (unpaired) electrons. The predicted molar refractivity (Wildman–Crippen MR) is 125 cm³/mol. The molecule has 0 aromatic heterocycles. The minimum Gasteiger partial charge on any atom is -0.336 e. The van der Waals surface area contributed by atoms with E-state index >= 15 is 0 Å². The number of amides is 2. The summed E-state index contributed by atoms with van der Waals surface area (Å²) in [7, 11) is -3.91. The number of sulfonamides is 1. The van der Waals surface area contributed by atoms with Crippen molar-refractivity contribution in [1.29, 1.82) is 5.26 Å². The molecule has 3 N–H and O–H groups in total. The second-order valence-corrected chi connectivity index (χ2v) is 10.9. The standard InChI is InChI=1S/C20H18Br2F3N5O3S/c21-12-5-6-16(22)18(7-12)34(32,33)29-13-8-14(30(10-13)11-26)9-27-19(31)28-17-4-2-1-3-15(17)20(23,24)25/h1-7,13-14,29H,8-10H2,(H2,27,28,31)/t13-,14-/m1/s1. The summed E-state index contributed by atoms with van der Waals surface area (Å²) in [5.41, 5.74) is -1.39. The van der Waals surface area contributed by atoms with Gasteiger partial charge in [0, 0.05) is 28.1 Å². The number of benzene rings is 2. The summed E-state index contributed by atoms with van der Waals surface area (Å²) >= 11 is 6.44. The summed E-state index contributed by atoms with van der Waals surface area (Å²) in [5.74, 6) is 0. The first-order valence-corrected chi connectivity index (χ1v) is 12.8. The number of nitrogens with one attached hydrogen (secondary N) is 3. The van der Waals surface area contributed by atoms with E-state index in [4.69, 9.17) is 0 Å². The monoisotopic (exact) mass is 623 g/mol. The van der Waals surface area contributed by atoms with E-state index in [0.717, 1.165) is 12.1 Å². The Bertz CT molecular complexity index is 1220. The number of urea groups is 1. The van der Waals surface area contributed by atoms with Crippen LogP contribution in [0.15, 0.2) is 56.3 Å².